The van der Waals surface area contributed by atoms with E-state index < -0.39 is 17.8 Å². The van der Waals surface area contributed by atoms with Crippen molar-refractivity contribution in [2.75, 3.05) is 80.9 Å². The third-order valence-corrected chi connectivity index (χ3v) is 19.9. The molecule has 6 heterocycles. The van der Waals surface area contributed by atoms with E-state index in [9.17, 15) is 39.3 Å². The van der Waals surface area contributed by atoms with Crippen LogP contribution in [0.1, 0.15) is 106 Å². The van der Waals surface area contributed by atoms with Gasteiger partial charge in [-0.3, -0.25) is 48.5 Å². The molecule has 0 saturated carbocycles. The van der Waals surface area contributed by atoms with E-state index in [1.54, 1.807) is 0 Å². The minimum atomic E-state index is -0.442. The molecule has 0 amide bonds. The van der Waals surface area contributed by atoms with E-state index in [2.05, 4.69) is 106 Å². The average molecular weight is 1560 g/mol. The molecular formula is C83H115BrN10O14. The van der Waals surface area contributed by atoms with E-state index in [0.29, 0.717) is 64.3 Å². The maximum absolute atomic E-state index is 12.0. The molecule has 0 radical (unpaired) electrons. The number of halogens is 1. The Morgan fingerprint density at radius 1 is 0.500 bits per heavy atom. The van der Waals surface area contributed by atoms with Crippen LogP contribution in [0.3, 0.4) is 0 Å². The highest BCUT2D eigenvalue weighted by Gasteiger charge is 2.40. The Hall–Kier alpha value is -7.98. The fourth-order valence-corrected chi connectivity index (χ4v) is 14.4. The number of ether oxygens (including phenoxy) is 5. The summed E-state index contributed by atoms with van der Waals surface area (Å²) in [5.41, 5.74) is 21.3. The number of hydrogen-bond acceptors (Lipinski definition) is 22. The standard InChI is InChI=1S/C18H27NO3.C14H19NO2.C13H16N4O2.C13H17NO3.C12H18N2O.C7H7Br.C6H11NO3/c1-18(2,3)22-17(21)10-15-9-16(13-20)19(12-15)11-14-7-5-4-6-8-14;1-11-8-13(14(16)17-2)15(9-11)10-12-6-4-3-5-7-12;1-19-13(18)12-7-11(15-16-14)9-17(12)8-10-5-3-2-4-6-10;1-17-13(16)12-7-11(15)9-14(12)8-10-5-3-2-4-6-10;13-11-6-12(9-15)14(8-11)7-10-4-2-1-3-5-10;8-6-7-4-2-1-3-5-7;1-10-6(9)5-2-4(8)3-7-5/h4-8,15-16,20H,9-13H2,1-3H3;3-7,11,13H,8-10H2,1-2H3;2-6,11-12H,7-9H2,1H3;2-6,11-12,15H,7-9H2,1H3;1-5,11-12,15H,6-9,13H2;1-5H,6H2;4-5,7-8H,2-3H2,1H3/t15-,16+;11-,13+;11-,12-;11-,12+;11-,12-;;4-,5+/m11010.1/s1. The molecule has 0 spiro atoms. The van der Waals surface area contributed by atoms with Crippen molar-refractivity contribution in [2.24, 2.45) is 22.7 Å². The Morgan fingerprint density at radius 3 is 1.26 bits per heavy atom. The molecule has 12 atom stereocenters. The highest BCUT2D eigenvalue weighted by Crippen LogP contribution is 2.30. The minimum Gasteiger partial charge on any atom is -0.468 e. The molecule has 6 fully saturated rings. The fraction of sp³-hybridized carbons (Fsp3) is 0.506. The third kappa shape index (κ3) is 31.5. The number of nitrogens with two attached hydrogens (primary N) is 1. The number of carbonyl (C=O) groups excluding carboxylic acids is 5. The Balaban J connectivity index is 0.000000200. The number of nitrogens with one attached hydrogen (secondary N) is 1. The first-order valence-corrected chi connectivity index (χ1v) is 38.2. The molecule has 6 aromatic rings. The van der Waals surface area contributed by atoms with E-state index in [1.165, 1.54) is 50.7 Å². The van der Waals surface area contributed by atoms with Crippen molar-refractivity contribution in [1.82, 2.24) is 29.8 Å². The van der Waals surface area contributed by atoms with Crippen LogP contribution in [0.5, 0.6) is 0 Å². The quantitative estimate of drug-likeness (QED) is 0.0103. The van der Waals surface area contributed by atoms with Gasteiger partial charge >= 0.3 is 29.8 Å². The molecule has 6 saturated heterocycles. The van der Waals surface area contributed by atoms with Gasteiger partial charge in [-0.05, 0) is 97.2 Å². The molecule has 6 aliphatic rings. The number of aliphatic hydroxyl groups is 4. The lowest BCUT2D eigenvalue weighted by molar-refractivity contribution is -0.156. The van der Waals surface area contributed by atoms with Crippen LogP contribution in [0.4, 0.5) is 0 Å². The zero-order chi connectivity index (χ0) is 78.4. The predicted molar refractivity (Wildman–Crippen MR) is 420 cm³/mol. The second kappa shape index (κ2) is 47.8. The number of methoxy groups -OCH3 is 4. The summed E-state index contributed by atoms with van der Waals surface area (Å²) in [4.78, 5) is 71.3. The molecular weight excluding hydrogens is 1440 g/mol. The Labute approximate surface area is 646 Å². The predicted octanol–water partition coefficient (Wildman–Crippen LogP) is 9.62. The SMILES string of the molecule is BrCc1ccccc1.CC(C)(C)OC(=O)C[C@H]1C[C@@H](CO)N(Cc2ccccc2)C1.COC(=O)[C@@H]1C[C@@H](C)CN1Cc1ccccc1.COC(=O)[C@@H]1C[C@@H](O)CN1.COC(=O)[C@@H]1C[C@@H](O)CN1Cc1ccccc1.COC(=O)[C@@H]1C[C@H](N=[N+]=[N-])CN1Cc1ccccc1.N[C@H]1C[C@@H](CO)N(Cc2ccccc2)C1. The number of nitrogens with zero attached hydrogens (tertiary/aromatic N) is 8. The summed E-state index contributed by atoms with van der Waals surface area (Å²) >= 11 is 3.36. The molecule has 108 heavy (non-hydrogen) atoms. The number of β-amino-alcohol motifs (C(OH)–C–C–N with tert-alkyl or cyclic N) is 2. The molecule has 25 heteroatoms. The van der Waals surface area contributed by atoms with E-state index in [4.69, 9.17) is 35.3 Å². The lowest BCUT2D eigenvalue weighted by atomic mass is 10.0. The van der Waals surface area contributed by atoms with Crippen molar-refractivity contribution < 1.29 is 68.1 Å². The molecule has 12 rings (SSSR count). The molecule has 0 aliphatic carbocycles. The summed E-state index contributed by atoms with van der Waals surface area (Å²) in [5.74, 6) is -0.264. The first kappa shape index (κ1) is 88.9. The van der Waals surface area contributed by atoms with Gasteiger partial charge in [0.25, 0.3) is 0 Å². The second-order valence-corrected chi connectivity index (χ2v) is 29.6. The van der Waals surface area contributed by atoms with E-state index in [1.807, 2.05) is 164 Å². The number of alkyl halides is 1. The first-order valence-electron chi connectivity index (χ1n) is 37.1. The summed E-state index contributed by atoms with van der Waals surface area (Å²) in [6, 6.07) is 60.3. The molecule has 7 N–H and O–H groups in total. The van der Waals surface area contributed by atoms with Gasteiger partial charge in [-0.25, -0.2) is 0 Å². The minimum absolute atomic E-state index is 0.0739. The van der Waals surface area contributed by atoms with Crippen LogP contribution in [0.25, 0.3) is 10.4 Å². The number of rotatable bonds is 20. The van der Waals surface area contributed by atoms with E-state index in [-0.39, 0.29) is 97.3 Å². The smallest absolute Gasteiger partial charge is 0.323 e. The molecule has 588 valence electrons. The highest BCUT2D eigenvalue weighted by molar-refractivity contribution is 9.08. The van der Waals surface area contributed by atoms with E-state index in [0.717, 1.165) is 75.0 Å². The Morgan fingerprint density at radius 2 is 0.880 bits per heavy atom. The van der Waals surface area contributed by atoms with Crippen LogP contribution < -0.4 is 11.1 Å². The van der Waals surface area contributed by atoms with Crippen molar-refractivity contribution in [3.8, 4) is 0 Å². The van der Waals surface area contributed by atoms with Crippen molar-refractivity contribution in [3.05, 3.63) is 226 Å². The average Bonchev–Trinajstić information content (AvgIpc) is 1.71. The van der Waals surface area contributed by atoms with Crippen LogP contribution >= 0.6 is 15.9 Å². The summed E-state index contributed by atoms with van der Waals surface area (Å²) in [7, 11) is 5.57. The topological polar surface area (TPSA) is 315 Å². The maximum Gasteiger partial charge on any atom is 0.323 e. The number of azide groups is 1. The highest BCUT2D eigenvalue weighted by atomic mass is 79.9. The lowest BCUT2D eigenvalue weighted by Gasteiger charge is -2.22. The van der Waals surface area contributed by atoms with Gasteiger partial charge in [0, 0.05) is 120 Å². The summed E-state index contributed by atoms with van der Waals surface area (Å²) in [5, 5.41) is 44.9. The number of esters is 5. The van der Waals surface area contributed by atoms with Crippen LogP contribution in [-0.4, -0.2) is 222 Å². The van der Waals surface area contributed by atoms with Crippen molar-refractivity contribution in [2.45, 2.75) is 177 Å². The van der Waals surface area contributed by atoms with Crippen molar-refractivity contribution >= 4 is 45.8 Å². The third-order valence-electron chi connectivity index (χ3n) is 19.2. The molecule has 0 aromatic heterocycles. The summed E-state index contributed by atoms with van der Waals surface area (Å²) < 4.78 is 24.3. The Kier molecular flexibility index (Phi) is 39.4. The number of likely N-dealkylation sites (tertiary alicyclic amines) is 5. The zero-order valence-corrected chi connectivity index (χ0v) is 65.6. The number of aliphatic hydroxyl groups excluding tert-OH is 4. The van der Waals surface area contributed by atoms with Crippen molar-refractivity contribution in [3.63, 3.8) is 0 Å². The lowest BCUT2D eigenvalue weighted by Crippen LogP contribution is -2.36. The number of hydrogen-bond donors (Lipinski definition) is 6. The molecule has 24 nitrogen and oxygen atoms in total. The van der Waals surface area contributed by atoms with Gasteiger partial charge in [0.15, 0.2) is 0 Å². The molecule has 0 unspecified atom stereocenters. The summed E-state index contributed by atoms with van der Waals surface area (Å²) in [6.07, 6.45) is 3.69. The van der Waals surface area contributed by atoms with Gasteiger partial charge < -0.3 is 55.2 Å². The monoisotopic (exact) mass is 1550 g/mol. The van der Waals surface area contributed by atoms with Gasteiger partial charge in [0.1, 0.15) is 29.8 Å². The van der Waals surface area contributed by atoms with Crippen molar-refractivity contribution in [1.29, 1.82) is 0 Å². The van der Waals surface area contributed by atoms with Gasteiger partial charge in [-0.2, -0.15) is 0 Å². The van der Waals surface area contributed by atoms with Crippen LogP contribution in [0, 0.1) is 11.8 Å². The zero-order valence-electron chi connectivity index (χ0n) is 64.0. The van der Waals surface area contributed by atoms with Gasteiger partial charge in [0.05, 0.1) is 59.9 Å². The number of carbonyl (C=O) groups is 5. The van der Waals surface area contributed by atoms with Crippen LogP contribution in [0.15, 0.2) is 187 Å². The Bertz CT molecular complexity index is 3520. The molecule has 0 bridgehead atoms. The second-order valence-electron chi connectivity index (χ2n) is 29.1. The van der Waals surface area contributed by atoms with Gasteiger partial charge in [-0.15, -0.1) is 0 Å². The largest absolute Gasteiger partial charge is 0.468 e. The number of benzene rings is 6. The normalized spacial score (nSPS) is 23.9. The van der Waals surface area contributed by atoms with Gasteiger partial charge in [-0.1, -0.05) is 210 Å². The fourth-order valence-electron chi connectivity index (χ4n) is 14.1. The van der Waals surface area contributed by atoms with E-state index >= 15 is 0 Å². The van der Waals surface area contributed by atoms with Crippen LogP contribution in [0.2, 0.25) is 0 Å². The summed E-state index contributed by atoms with van der Waals surface area (Å²) in [6.45, 7) is 16.3. The van der Waals surface area contributed by atoms with Gasteiger partial charge in [0.2, 0.25) is 0 Å². The van der Waals surface area contributed by atoms with Crippen LogP contribution in [-0.2, 0) is 85.7 Å². The molecule has 6 aromatic carbocycles. The molecule has 6 aliphatic heterocycles. The maximum atomic E-state index is 12.0. The first-order chi connectivity index (χ1) is 52.0.